The predicted octanol–water partition coefficient (Wildman–Crippen LogP) is 6.84. The molecule has 1 aliphatic rings. The molecule has 2 aromatic carbocycles. The van der Waals surface area contributed by atoms with Crippen molar-refractivity contribution in [1.82, 2.24) is 0 Å². The molecule has 26 heavy (non-hydrogen) atoms. The maximum absolute atomic E-state index is 5.04. The summed E-state index contributed by atoms with van der Waals surface area (Å²) in [4.78, 5) is 5.04. The van der Waals surface area contributed by atoms with Gasteiger partial charge in [-0.2, -0.15) is 0 Å². The van der Waals surface area contributed by atoms with E-state index in [2.05, 4.69) is 54.5 Å². The van der Waals surface area contributed by atoms with E-state index < -0.39 is 0 Å². The maximum Gasteiger partial charge on any atom is 0.106 e. The van der Waals surface area contributed by atoms with Gasteiger partial charge in [0.15, 0.2) is 0 Å². The van der Waals surface area contributed by atoms with Crippen LogP contribution in [0.4, 0.5) is 0 Å². The highest BCUT2D eigenvalue weighted by atomic mass is 16.6. The van der Waals surface area contributed by atoms with E-state index in [-0.39, 0.29) is 0 Å². The van der Waals surface area contributed by atoms with E-state index in [1.54, 1.807) is 7.11 Å². The number of nitrogens with zero attached hydrogens (tertiary/aromatic N) is 1. The van der Waals surface area contributed by atoms with E-state index in [1.807, 2.05) is 0 Å². The van der Waals surface area contributed by atoms with Crippen LogP contribution in [0.1, 0.15) is 63.9 Å². The molecule has 1 aliphatic carbocycles. The van der Waals surface area contributed by atoms with Gasteiger partial charge in [-0.15, -0.1) is 0 Å². The fourth-order valence-electron chi connectivity index (χ4n) is 4.02. The molecule has 0 saturated carbocycles. The van der Waals surface area contributed by atoms with Gasteiger partial charge in [0.25, 0.3) is 0 Å². The van der Waals surface area contributed by atoms with Crippen molar-refractivity contribution < 1.29 is 4.84 Å². The van der Waals surface area contributed by atoms with Crippen LogP contribution < -0.4 is 0 Å². The molecule has 0 fully saturated rings. The van der Waals surface area contributed by atoms with Gasteiger partial charge in [0.2, 0.25) is 0 Å². The largest absolute Gasteiger partial charge is 0.399 e. The van der Waals surface area contributed by atoms with Crippen molar-refractivity contribution in [2.75, 3.05) is 7.11 Å². The standard InChI is InChI=1S/C24H31NO/c1-19-10-9-15-24(25-26-2)23(19)14-6-4-3-5-11-20-16-17-21-12-7-8-13-22(21)18-20/h7-8,12-13,16-18H,3-6,9-11,14-15H2,1-2H3. The SMILES string of the molecule is CON=C1CCCC(C)=C1CCCCCCc1ccc2ccccc2c1. The summed E-state index contributed by atoms with van der Waals surface area (Å²) in [6.45, 7) is 2.26. The van der Waals surface area contributed by atoms with Gasteiger partial charge in [0, 0.05) is 0 Å². The Morgan fingerprint density at radius 3 is 2.46 bits per heavy atom. The zero-order valence-electron chi connectivity index (χ0n) is 16.3. The van der Waals surface area contributed by atoms with Gasteiger partial charge in [0.1, 0.15) is 7.11 Å². The average molecular weight is 350 g/mol. The van der Waals surface area contributed by atoms with Gasteiger partial charge in [0.05, 0.1) is 5.71 Å². The van der Waals surface area contributed by atoms with E-state index in [0.717, 1.165) is 12.8 Å². The van der Waals surface area contributed by atoms with Crippen molar-refractivity contribution in [3.8, 4) is 0 Å². The minimum absolute atomic E-state index is 1.07. The smallest absolute Gasteiger partial charge is 0.106 e. The summed E-state index contributed by atoms with van der Waals surface area (Å²) in [6.07, 6.45) is 11.0. The molecular formula is C24H31NO. The third kappa shape index (κ3) is 4.97. The van der Waals surface area contributed by atoms with Crippen molar-refractivity contribution in [3.63, 3.8) is 0 Å². The Balaban J connectivity index is 1.42. The molecule has 0 N–H and O–H groups in total. The fourth-order valence-corrected chi connectivity index (χ4v) is 4.02. The number of rotatable bonds is 8. The van der Waals surface area contributed by atoms with Crippen LogP contribution in [0.5, 0.6) is 0 Å². The first-order valence-electron chi connectivity index (χ1n) is 10.0. The van der Waals surface area contributed by atoms with Gasteiger partial charge >= 0.3 is 0 Å². The second kappa shape index (κ2) is 9.56. The molecule has 2 aromatic rings. The molecule has 0 radical (unpaired) electrons. The van der Waals surface area contributed by atoms with Gasteiger partial charge in [-0.1, -0.05) is 66.0 Å². The van der Waals surface area contributed by atoms with E-state index in [0.29, 0.717) is 0 Å². The summed E-state index contributed by atoms with van der Waals surface area (Å²) >= 11 is 0. The number of allylic oxidation sites excluding steroid dienone is 2. The maximum atomic E-state index is 5.04. The van der Waals surface area contributed by atoms with Crippen molar-refractivity contribution in [3.05, 3.63) is 59.2 Å². The van der Waals surface area contributed by atoms with Crippen LogP contribution in [-0.4, -0.2) is 12.8 Å². The summed E-state index contributed by atoms with van der Waals surface area (Å²) in [6, 6.07) is 15.5. The molecule has 0 spiro atoms. The Kier molecular flexibility index (Phi) is 6.88. The molecule has 0 amide bonds. The molecule has 0 atom stereocenters. The minimum atomic E-state index is 1.07. The molecule has 0 unspecified atom stereocenters. The Morgan fingerprint density at radius 2 is 1.65 bits per heavy atom. The molecule has 0 bridgehead atoms. The van der Waals surface area contributed by atoms with Crippen LogP contribution in [0.3, 0.4) is 0 Å². The van der Waals surface area contributed by atoms with Crippen molar-refractivity contribution in [2.24, 2.45) is 5.16 Å². The van der Waals surface area contributed by atoms with Crippen molar-refractivity contribution in [2.45, 2.75) is 64.7 Å². The number of benzene rings is 2. The summed E-state index contributed by atoms with van der Waals surface area (Å²) in [5.74, 6) is 0. The summed E-state index contributed by atoms with van der Waals surface area (Å²) in [5, 5.41) is 6.94. The number of hydrogen-bond acceptors (Lipinski definition) is 2. The van der Waals surface area contributed by atoms with Crippen molar-refractivity contribution in [1.29, 1.82) is 0 Å². The lowest BCUT2D eigenvalue weighted by Gasteiger charge is -2.19. The average Bonchev–Trinajstić information content (AvgIpc) is 2.66. The molecule has 2 heteroatoms. The van der Waals surface area contributed by atoms with E-state index in [9.17, 15) is 0 Å². The first kappa shape index (κ1) is 18.7. The zero-order chi connectivity index (χ0) is 18.2. The number of hydrogen-bond donors (Lipinski definition) is 0. The van der Waals surface area contributed by atoms with Crippen molar-refractivity contribution >= 4 is 16.5 Å². The molecule has 2 nitrogen and oxygen atoms in total. The van der Waals surface area contributed by atoms with E-state index >= 15 is 0 Å². The highest BCUT2D eigenvalue weighted by Crippen LogP contribution is 2.27. The van der Waals surface area contributed by atoms with Gasteiger partial charge < -0.3 is 4.84 Å². The van der Waals surface area contributed by atoms with Gasteiger partial charge in [-0.3, -0.25) is 0 Å². The van der Waals surface area contributed by atoms with Crippen LogP contribution in [-0.2, 0) is 11.3 Å². The number of oxime groups is 1. The Hall–Kier alpha value is -2.09. The number of unbranched alkanes of at least 4 members (excludes halogenated alkanes) is 3. The highest BCUT2D eigenvalue weighted by molar-refractivity contribution is 6.01. The summed E-state index contributed by atoms with van der Waals surface area (Å²) < 4.78 is 0. The molecule has 0 saturated heterocycles. The quantitative estimate of drug-likeness (QED) is 0.378. The third-order valence-corrected chi connectivity index (χ3v) is 5.49. The minimum Gasteiger partial charge on any atom is -0.399 e. The first-order valence-corrected chi connectivity index (χ1v) is 10.0. The lowest BCUT2D eigenvalue weighted by atomic mass is 9.87. The number of aryl methyl sites for hydroxylation is 1. The van der Waals surface area contributed by atoms with Crippen LogP contribution in [0.25, 0.3) is 10.8 Å². The van der Waals surface area contributed by atoms with Crippen LogP contribution in [0.2, 0.25) is 0 Å². The number of fused-ring (bicyclic) bond motifs is 1. The molecule has 0 aromatic heterocycles. The van der Waals surface area contributed by atoms with Gasteiger partial charge in [-0.25, -0.2) is 0 Å². The summed E-state index contributed by atoms with van der Waals surface area (Å²) in [7, 11) is 1.65. The van der Waals surface area contributed by atoms with Crippen LogP contribution in [0.15, 0.2) is 58.8 Å². The zero-order valence-corrected chi connectivity index (χ0v) is 16.3. The monoisotopic (exact) mass is 349 g/mol. The third-order valence-electron chi connectivity index (χ3n) is 5.49. The molecule has 3 rings (SSSR count). The Bertz CT molecular complexity index is 788. The molecule has 0 aliphatic heterocycles. The summed E-state index contributed by atoms with van der Waals surface area (Å²) in [5.41, 5.74) is 5.63. The predicted molar refractivity (Wildman–Crippen MR) is 112 cm³/mol. The topological polar surface area (TPSA) is 21.6 Å². The van der Waals surface area contributed by atoms with Gasteiger partial charge in [-0.05, 0) is 73.8 Å². The lowest BCUT2D eigenvalue weighted by molar-refractivity contribution is 0.212. The highest BCUT2D eigenvalue weighted by Gasteiger charge is 2.16. The Morgan fingerprint density at radius 1 is 0.885 bits per heavy atom. The molecular weight excluding hydrogens is 318 g/mol. The van der Waals surface area contributed by atoms with E-state index in [1.165, 1.54) is 78.1 Å². The van der Waals surface area contributed by atoms with Crippen LogP contribution in [0, 0.1) is 0 Å². The first-order chi connectivity index (χ1) is 12.8. The fraction of sp³-hybridized carbons (Fsp3) is 0.458. The lowest BCUT2D eigenvalue weighted by Crippen LogP contribution is -2.11. The Labute approximate surface area is 157 Å². The second-order valence-electron chi connectivity index (χ2n) is 7.43. The second-order valence-corrected chi connectivity index (χ2v) is 7.43. The molecule has 138 valence electrons. The van der Waals surface area contributed by atoms with Crippen LogP contribution >= 0.6 is 0 Å². The normalized spacial score (nSPS) is 16.5. The molecule has 0 heterocycles. The van der Waals surface area contributed by atoms with E-state index in [4.69, 9.17) is 4.84 Å².